The lowest BCUT2D eigenvalue weighted by Gasteiger charge is -2.18. The maximum Gasteiger partial charge on any atom is 0.132 e. The van der Waals surface area contributed by atoms with E-state index in [4.69, 9.17) is 4.74 Å². The molecule has 0 atom stereocenters. The van der Waals surface area contributed by atoms with E-state index in [0.717, 1.165) is 11.5 Å². The van der Waals surface area contributed by atoms with E-state index in [0.29, 0.717) is 21.7 Å². The highest BCUT2D eigenvalue weighted by Crippen LogP contribution is 2.31. The summed E-state index contributed by atoms with van der Waals surface area (Å²) in [5.41, 5.74) is 3.10. The van der Waals surface area contributed by atoms with E-state index < -0.39 is 0 Å². The summed E-state index contributed by atoms with van der Waals surface area (Å²) >= 11 is 1.87. The van der Waals surface area contributed by atoms with Crippen molar-refractivity contribution in [3.63, 3.8) is 0 Å². The van der Waals surface area contributed by atoms with Gasteiger partial charge in [0.1, 0.15) is 5.75 Å². The first-order valence-electron chi connectivity index (χ1n) is 12.9. The molecule has 0 amide bonds. The average molecular weight is 503 g/mol. The summed E-state index contributed by atoms with van der Waals surface area (Å²) < 4.78 is 5.31. The zero-order valence-corrected chi connectivity index (χ0v) is 26.7. The molecule has 0 aliphatic heterocycles. The van der Waals surface area contributed by atoms with E-state index in [1.807, 2.05) is 23.9 Å². The Labute approximate surface area is 224 Å². The summed E-state index contributed by atoms with van der Waals surface area (Å²) in [4.78, 5) is 1.24. The molecule has 0 unspecified atom stereocenters. The summed E-state index contributed by atoms with van der Waals surface area (Å²) in [6.45, 7) is 31.0. The smallest absolute Gasteiger partial charge is 0.132 e. The van der Waals surface area contributed by atoms with E-state index >= 15 is 0 Å². The zero-order valence-electron chi connectivity index (χ0n) is 25.9. The van der Waals surface area contributed by atoms with Gasteiger partial charge in [0.2, 0.25) is 0 Å². The van der Waals surface area contributed by atoms with Crippen LogP contribution in [0.1, 0.15) is 109 Å². The fourth-order valence-corrected chi connectivity index (χ4v) is 3.55. The fourth-order valence-electron chi connectivity index (χ4n) is 2.14. The highest BCUT2D eigenvalue weighted by Gasteiger charge is 2.12. The van der Waals surface area contributed by atoms with Gasteiger partial charge in [-0.15, -0.1) is 11.8 Å². The van der Waals surface area contributed by atoms with Crippen LogP contribution in [-0.4, -0.2) is 12.9 Å². The zero-order chi connectivity index (χ0) is 27.9. The maximum absolute atomic E-state index is 5.31. The van der Waals surface area contributed by atoms with Crippen molar-refractivity contribution in [3.8, 4) is 5.75 Å². The average Bonchev–Trinajstić information content (AvgIpc) is 2.65. The second-order valence-corrected chi connectivity index (χ2v) is 15.6. The Morgan fingerprint density at radius 2 is 1.00 bits per heavy atom. The van der Waals surface area contributed by atoms with E-state index in [-0.39, 0.29) is 0 Å². The molecule has 0 N–H and O–H groups in total. The van der Waals surface area contributed by atoms with Gasteiger partial charge in [0.15, 0.2) is 0 Å². The predicted octanol–water partition coefficient (Wildman–Crippen LogP) is 11.3. The monoisotopic (exact) mass is 502 g/mol. The van der Waals surface area contributed by atoms with Crippen LogP contribution in [0.5, 0.6) is 5.75 Å². The first-order chi connectivity index (χ1) is 15.6. The standard InChI is InChI=1S/C13H20OS.C10H14.2C5H12/c1-13(2,3)9-10-15-12-8-6-5-7-11(12)14-4;1-10(2,3)9-7-5-4-6-8-9;2*1-5(2,3)4/h5-8H,9-10H2,1-4H3;4-8H,1-3H3;2*1-4H3. The quantitative estimate of drug-likeness (QED) is 0.384. The summed E-state index contributed by atoms with van der Waals surface area (Å²) in [7, 11) is 1.73. The van der Waals surface area contributed by atoms with Gasteiger partial charge in [0.05, 0.1) is 7.11 Å². The van der Waals surface area contributed by atoms with Crippen molar-refractivity contribution in [1.82, 2.24) is 0 Å². The Kier molecular flexibility index (Phi) is 16.7. The van der Waals surface area contributed by atoms with E-state index in [1.165, 1.54) is 16.9 Å². The van der Waals surface area contributed by atoms with Gasteiger partial charge >= 0.3 is 0 Å². The van der Waals surface area contributed by atoms with Gasteiger partial charge in [-0.1, -0.05) is 139 Å². The summed E-state index contributed by atoms with van der Waals surface area (Å²) in [6.07, 6.45) is 1.22. The molecule has 35 heavy (non-hydrogen) atoms. The van der Waals surface area contributed by atoms with Gasteiger partial charge in [-0.3, -0.25) is 0 Å². The number of methoxy groups -OCH3 is 1. The second-order valence-electron chi connectivity index (χ2n) is 14.4. The van der Waals surface area contributed by atoms with Crippen LogP contribution in [0.15, 0.2) is 59.5 Å². The lowest BCUT2D eigenvalue weighted by atomic mass is 9.87. The predicted molar refractivity (Wildman–Crippen MR) is 163 cm³/mol. The van der Waals surface area contributed by atoms with Gasteiger partial charge in [0, 0.05) is 4.90 Å². The van der Waals surface area contributed by atoms with E-state index in [9.17, 15) is 0 Å². The van der Waals surface area contributed by atoms with Crippen molar-refractivity contribution in [1.29, 1.82) is 0 Å². The van der Waals surface area contributed by atoms with Crippen molar-refractivity contribution >= 4 is 11.8 Å². The van der Waals surface area contributed by atoms with Crippen LogP contribution in [0.3, 0.4) is 0 Å². The minimum atomic E-state index is 0.293. The van der Waals surface area contributed by atoms with E-state index in [2.05, 4.69) is 139 Å². The normalized spacial score (nSPS) is 11.6. The van der Waals surface area contributed by atoms with Crippen LogP contribution >= 0.6 is 11.8 Å². The molecule has 0 aromatic heterocycles. The Bertz CT molecular complexity index is 742. The Morgan fingerprint density at radius 3 is 1.34 bits per heavy atom. The van der Waals surface area contributed by atoms with Crippen LogP contribution in [0.25, 0.3) is 0 Å². The molecule has 0 heterocycles. The highest BCUT2D eigenvalue weighted by molar-refractivity contribution is 7.99. The van der Waals surface area contributed by atoms with Crippen LogP contribution in [-0.2, 0) is 5.41 Å². The van der Waals surface area contributed by atoms with Crippen molar-refractivity contribution in [2.45, 2.75) is 114 Å². The third kappa shape index (κ3) is 28.7. The third-order valence-corrected chi connectivity index (χ3v) is 4.88. The molecular formula is C33H58OS. The number of para-hydroxylation sites is 1. The van der Waals surface area contributed by atoms with Gasteiger partial charge < -0.3 is 4.74 Å². The molecule has 2 aromatic carbocycles. The van der Waals surface area contributed by atoms with Crippen LogP contribution in [0.4, 0.5) is 0 Å². The molecule has 2 aromatic rings. The molecule has 202 valence electrons. The van der Waals surface area contributed by atoms with Crippen LogP contribution in [0, 0.1) is 16.2 Å². The molecule has 0 spiro atoms. The van der Waals surface area contributed by atoms with Crippen LogP contribution < -0.4 is 4.74 Å². The third-order valence-electron chi connectivity index (χ3n) is 3.82. The first-order valence-corrected chi connectivity index (χ1v) is 13.9. The topological polar surface area (TPSA) is 9.23 Å². The molecule has 1 nitrogen and oxygen atoms in total. The summed E-state index contributed by atoms with van der Waals surface area (Å²) in [5, 5.41) is 0. The Hall–Kier alpha value is -1.41. The molecule has 0 radical (unpaired) electrons. The molecule has 0 saturated heterocycles. The lowest BCUT2D eigenvalue weighted by Crippen LogP contribution is -2.10. The number of thioether (sulfide) groups is 1. The molecule has 0 bridgehead atoms. The van der Waals surface area contributed by atoms with Crippen molar-refractivity contribution in [2.24, 2.45) is 16.2 Å². The SMILES string of the molecule is CC(C)(C)C.CC(C)(C)C.CC(C)(C)c1ccccc1.COc1ccccc1SCCC(C)(C)C. The largest absolute Gasteiger partial charge is 0.496 e. The second kappa shape index (κ2) is 16.4. The van der Waals surface area contributed by atoms with Crippen molar-refractivity contribution in [3.05, 3.63) is 60.2 Å². The van der Waals surface area contributed by atoms with Gasteiger partial charge in [-0.05, 0) is 51.5 Å². The van der Waals surface area contributed by atoms with Gasteiger partial charge in [0.25, 0.3) is 0 Å². The van der Waals surface area contributed by atoms with Crippen molar-refractivity contribution in [2.75, 3.05) is 12.9 Å². The summed E-state index contributed by atoms with van der Waals surface area (Å²) in [5.74, 6) is 2.13. The van der Waals surface area contributed by atoms with Crippen LogP contribution in [0.2, 0.25) is 0 Å². The Balaban J connectivity index is 0. The number of ether oxygens (including phenoxy) is 1. The molecule has 0 saturated carbocycles. The Morgan fingerprint density at radius 1 is 0.600 bits per heavy atom. The molecule has 2 heteroatoms. The minimum absolute atomic E-state index is 0.293. The fraction of sp³-hybridized carbons (Fsp3) is 0.636. The first kappa shape index (κ1) is 35.8. The summed E-state index contributed by atoms with van der Waals surface area (Å²) in [6, 6.07) is 18.7. The molecule has 0 aliphatic carbocycles. The van der Waals surface area contributed by atoms with Gasteiger partial charge in [-0.2, -0.15) is 0 Å². The molecular weight excluding hydrogens is 444 g/mol. The number of hydrogen-bond acceptors (Lipinski definition) is 2. The molecule has 0 fully saturated rings. The molecule has 2 rings (SSSR count). The van der Waals surface area contributed by atoms with Gasteiger partial charge in [-0.25, -0.2) is 0 Å². The number of hydrogen-bond donors (Lipinski definition) is 0. The minimum Gasteiger partial charge on any atom is -0.496 e. The van der Waals surface area contributed by atoms with Crippen molar-refractivity contribution < 1.29 is 4.74 Å². The maximum atomic E-state index is 5.31. The highest BCUT2D eigenvalue weighted by atomic mass is 32.2. The van der Waals surface area contributed by atoms with E-state index in [1.54, 1.807) is 7.11 Å². The molecule has 0 aliphatic rings. The lowest BCUT2D eigenvalue weighted by molar-refractivity contribution is 0.399. The number of benzene rings is 2. The number of rotatable bonds is 4.